The van der Waals surface area contributed by atoms with Crippen molar-refractivity contribution < 1.29 is 0 Å². The van der Waals surface area contributed by atoms with E-state index in [4.69, 9.17) is 0 Å². The van der Waals surface area contributed by atoms with Gasteiger partial charge in [0.1, 0.15) is 0 Å². The molecule has 3 aliphatic rings. The minimum Gasteiger partial charge on any atom is -0.0704 e. The van der Waals surface area contributed by atoms with Crippen LogP contribution < -0.4 is 0 Å². The summed E-state index contributed by atoms with van der Waals surface area (Å²) in [4.78, 5) is 0. The topological polar surface area (TPSA) is 0 Å². The molecule has 2 bridgehead atoms. The van der Waals surface area contributed by atoms with Crippen LogP contribution in [-0.2, 0) is 0 Å². The predicted molar refractivity (Wildman–Crippen MR) is 57.5 cm³/mol. The Morgan fingerprint density at radius 3 is 2.46 bits per heavy atom. The molecule has 0 heteroatoms. The molecule has 0 amide bonds. The second kappa shape index (κ2) is 3.15. The van der Waals surface area contributed by atoms with Gasteiger partial charge in [-0.1, -0.05) is 31.9 Å². The van der Waals surface area contributed by atoms with E-state index in [0.717, 1.165) is 23.7 Å². The van der Waals surface area contributed by atoms with Crippen molar-refractivity contribution in [1.82, 2.24) is 0 Å². The molecule has 3 atom stereocenters. The molecule has 0 spiro atoms. The Labute approximate surface area is 82.4 Å². The first-order valence-electron chi connectivity index (χ1n) is 5.80. The van der Waals surface area contributed by atoms with Gasteiger partial charge in [0, 0.05) is 0 Å². The van der Waals surface area contributed by atoms with Crippen LogP contribution in [0.3, 0.4) is 0 Å². The Hall–Kier alpha value is -0.260. The number of rotatable bonds is 1. The van der Waals surface area contributed by atoms with E-state index in [-0.39, 0.29) is 0 Å². The molecule has 3 unspecified atom stereocenters. The van der Waals surface area contributed by atoms with Crippen LogP contribution in [0.5, 0.6) is 0 Å². The smallest absolute Gasteiger partial charge is 0.0151 e. The molecule has 74 valence electrons. The standard InChI is InChI=1S/C13H22/c1-8(2)13-9(3)5-6-11-7-12(13)10(11)4/h8-9,11,13H,5-7H2,1-4H3. The van der Waals surface area contributed by atoms with E-state index in [1.54, 1.807) is 5.57 Å². The summed E-state index contributed by atoms with van der Waals surface area (Å²) in [5.41, 5.74) is 3.58. The van der Waals surface area contributed by atoms with Gasteiger partial charge in [0.15, 0.2) is 0 Å². The average Bonchev–Trinajstić information content (AvgIpc) is 2.30. The molecule has 0 aliphatic heterocycles. The van der Waals surface area contributed by atoms with Crippen molar-refractivity contribution in [2.24, 2.45) is 23.7 Å². The Bertz CT molecular complexity index is 234. The summed E-state index contributed by atoms with van der Waals surface area (Å²) in [6, 6.07) is 0. The third kappa shape index (κ3) is 1.35. The van der Waals surface area contributed by atoms with Crippen molar-refractivity contribution in [3.8, 4) is 0 Å². The predicted octanol–water partition coefficient (Wildman–Crippen LogP) is 4.02. The largest absolute Gasteiger partial charge is 0.0704 e. The van der Waals surface area contributed by atoms with Gasteiger partial charge in [0.25, 0.3) is 0 Å². The van der Waals surface area contributed by atoms with E-state index >= 15 is 0 Å². The number of fused-ring (bicyclic) bond motifs is 3. The van der Waals surface area contributed by atoms with E-state index < -0.39 is 0 Å². The lowest BCUT2D eigenvalue weighted by Crippen LogP contribution is -2.24. The second-order valence-corrected chi connectivity index (χ2v) is 5.43. The fraction of sp³-hybridized carbons (Fsp3) is 0.846. The Morgan fingerprint density at radius 1 is 1.23 bits per heavy atom. The third-order valence-electron chi connectivity index (χ3n) is 4.29. The van der Waals surface area contributed by atoms with Gasteiger partial charge in [0.2, 0.25) is 0 Å². The zero-order valence-electron chi connectivity index (χ0n) is 9.43. The van der Waals surface area contributed by atoms with Gasteiger partial charge in [-0.15, -0.1) is 0 Å². The third-order valence-corrected chi connectivity index (χ3v) is 4.29. The van der Waals surface area contributed by atoms with Crippen molar-refractivity contribution in [3.63, 3.8) is 0 Å². The van der Waals surface area contributed by atoms with Crippen LogP contribution in [-0.4, -0.2) is 0 Å². The summed E-state index contributed by atoms with van der Waals surface area (Å²) in [5.74, 6) is 3.65. The van der Waals surface area contributed by atoms with Crippen molar-refractivity contribution in [1.29, 1.82) is 0 Å². The van der Waals surface area contributed by atoms with E-state index in [2.05, 4.69) is 27.7 Å². The molecule has 0 aromatic rings. The summed E-state index contributed by atoms with van der Waals surface area (Å²) in [7, 11) is 0. The molecular weight excluding hydrogens is 156 g/mol. The minimum atomic E-state index is 0.846. The van der Waals surface area contributed by atoms with E-state index in [1.807, 2.05) is 5.57 Å². The van der Waals surface area contributed by atoms with Gasteiger partial charge < -0.3 is 0 Å². The second-order valence-electron chi connectivity index (χ2n) is 5.43. The molecule has 0 aromatic carbocycles. The molecule has 0 aromatic heterocycles. The lowest BCUT2D eigenvalue weighted by Gasteiger charge is -2.36. The highest BCUT2D eigenvalue weighted by molar-refractivity contribution is 5.31. The fourth-order valence-corrected chi connectivity index (χ4v) is 3.47. The summed E-state index contributed by atoms with van der Waals surface area (Å²) in [6.45, 7) is 9.60. The lowest BCUT2D eigenvalue weighted by molar-refractivity contribution is 0.308. The van der Waals surface area contributed by atoms with Crippen molar-refractivity contribution in [2.75, 3.05) is 0 Å². The van der Waals surface area contributed by atoms with Gasteiger partial charge in [-0.05, 0) is 49.9 Å². The van der Waals surface area contributed by atoms with Crippen molar-refractivity contribution in [2.45, 2.75) is 47.0 Å². The number of hydrogen-bond donors (Lipinski definition) is 0. The zero-order valence-corrected chi connectivity index (χ0v) is 9.43. The van der Waals surface area contributed by atoms with Crippen LogP contribution in [0.25, 0.3) is 0 Å². The fourth-order valence-electron chi connectivity index (χ4n) is 3.47. The van der Waals surface area contributed by atoms with Gasteiger partial charge in [-0.3, -0.25) is 0 Å². The summed E-state index contributed by atoms with van der Waals surface area (Å²) in [5, 5.41) is 0. The molecule has 3 aliphatic carbocycles. The van der Waals surface area contributed by atoms with Crippen molar-refractivity contribution in [3.05, 3.63) is 11.1 Å². The first-order chi connectivity index (χ1) is 6.11. The Morgan fingerprint density at radius 2 is 1.92 bits per heavy atom. The molecule has 0 saturated heterocycles. The summed E-state index contributed by atoms with van der Waals surface area (Å²) < 4.78 is 0. The van der Waals surface area contributed by atoms with Gasteiger partial charge >= 0.3 is 0 Å². The Balaban J connectivity index is 2.26. The molecule has 0 N–H and O–H groups in total. The van der Waals surface area contributed by atoms with Crippen LogP contribution >= 0.6 is 0 Å². The van der Waals surface area contributed by atoms with Gasteiger partial charge in [-0.25, -0.2) is 0 Å². The van der Waals surface area contributed by atoms with E-state index in [1.165, 1.54) is 19.3 Å². The highest BCUT2D eigenvalue weighted by atomic mass is 14.4. The highest BCUT2D eigenvalue weighted by Gasteiger charge is 2.38. The van der Waals surface area contributed by atoms with Crippen molar-refractivity contribution >= 4 is 0 Å². The molecule has 0 radical (unpaired) electrons. The van der Waals surface area contributed by atoms with Gasteiger partial charge in [-0.2, -0.15) is 0 Å². The molecule has 0 heterocycles. The molecule has 13 heavy (non-hydrogen) atoms. The first-order valence-corrected chi connectivity index (χ1v) is 5.80. The Kier molecular flexibility index (Phi) is 2.25. The highest BCUT2D eigenvalue weighted by Crippen LogP contribution is 2.50. The average molecular weight is 178 g/mol. The van der Waals surface area contributed by atoms with Crippen LogP contribution in [0.1, 0.15) is 47.0 Å². The first kappa shape index (κ1) is 9.30. The molecule has 0 nitrogen and oxygen atoms in total. The lowest BCUT2D eigenvalue weighted by atomic mass is 9.69. The SMILES string of the molecule is CC1=C2CC1CCC(C)C2C(C)C. The molecular formula is C13H22. The van der Waals surface area contributed by atoms with Crippen LogP contribution in [0.15, 0.2) is 11.1 Å². The van der Waals surface area contributed by atoms with E-state index in [0.29, 0.717) is 0 Å². The van der Waals surface area contributed by atoms with Gasteiger partial charge in [0.05, 0.1) is 0 Å². The van der Waals surface area contributed by atoms with Crippen LogP contribution in [0.4, 0.5) is 0 Å². The molecule has 3 rings (SSSR count). The van der Waals surface area contributed by atoms with Crippen LogP contribution in [0, 0.1) is 23.7 Å². The summed E-state index contributed by atoms with van der Waals surface area (Å²) >= 11 is 0. The quantitative estimate of drug-likeness (QED) is 0.532. The van der Waals surface area contributed by atoms with E-state index in [9.17, 15) is 0 Å². The maximum absolute atomic E-state index is 2.45. The minimum absolute atomic E-state index is 0.846. The maximum Gasteiger partial charge on any atom is -0.0151 e. The monoisotopic (exact) mass is 178 g/mol. The molecule has 1 fully saturated rings. The van der Waals surface area contributed by atoms with Crippen LogP contribution in [0.2, 0.25) is 0 Å². The number of hydrogen-bond acceptors (Lipinski definition) is 0. The number of allylic oxidation sites excluding steroid dienone is 2. The molecule has 1 saturated carbocycles. The summed E-state index contributed by atoms with van der Waals surface area (Å²) in [6.07, 6.45) is 4.34. The normalized spacial score (nSPS) is 39.0. The zero-order chi connectivity index (χ0) is 9.59. The maximum atomic E-state index is 2.45.